The van der Waals surface area contributed by atoms with Gasteiger partial charge in [-0.25, -0.2) is 4.79 Å². The zero-order valence-corrected chi connectivity index (χ0v) is 10.3. The number of carbonyl (C=O) groups excluding carboxylic acids is 3. The van der Waals surface area contributed by atoms with E-state index < -0.39 is 12.0 Å². The van der Waals surface area contributed by atoms with Crippen LogP contribution in [0.3, 0.4) is 0 Å². The molecule has 0 heterocycles. The summed E-state index contributed by atoms with van der Waals surface area (Å²) >= 11 is 0. The topological polar surface area (TPSA) is 96.5 Å². The molecule has 0 fully saturated rings. The molecule has 0 bridgehead atoms. The van der Waals surface area contributed by atoms with Crippen LogP contribution in [0.5, 0.6) is 0 Å². The number of esters is 1. The summed E-state index contributed by atoms with van der Waals surface area (Å²) in [5.74, 6) is -1.07. The Bertz CT molecular complexity index is 281. The minimum Gasteiger partial charge on any atom is -0.467 e. The van der Waals surface area contributed by atoms with Gasteiger partial charge in [0.25, 0.3) is 0 Å². The lowest BCUT2D eigenvalue weighted by Gasteiger charge is -2.15. The maximum Gasteiger partial charge on any atom is 0.328 e. The van der Waals surface area contributed by atoms with Crippen LogP contribution in [0.2, 0.25) is 0 Å². The lowest BCUT2D eigenvalue weighted by Crippen LogP contribution is -2.45. The molecule has 1 atom stereocenters. The smallest absolute Gasteiger partial charge is 0.328 e. The van der Waals surface area contributed by atoms with Crippen LogP contribution in [-0.2, 0) is 19.1 Å². The van der Waals surface area contributed by atoms with E-state index in [9.17, 15) is 14.4 Å². The second-order valence-electron chi connectivity index (χ2n) is 3.39. The van der Waals surface area contributed by atoms with E-state index in [1.807, 2.05) is 0 Å². The Morgan fingerprint density at radius 2 is 1.82 bits per heavy atom. The predicted octanol–water partition coefficient (Wildman–Crippen LogP) is -1.61. The van der Waals surface area contributed by atoms with Crippen molar-refractivity contribution in [3.8, 4) is 0 Å². The first-order chi connectivity index (χ1) is 8.04. The van der Waals surface area contributed by atoms with Crippen molar-refractivity contribution in [1.82, 2.24) is 16.0 Å². The zero-order chi connectivity index (χ0) is 13.3. The number of rotatable bonds is 7. The van der Waals surface area contributed by atoms with Gasteiger partial charge in [-0.05, 0) is 13.5 Å². The van der Waals surface area contributed by atoms with E-state index in [4.69, 9.17) is 0 Å². The molecule has 2 amide bonds. The lowest BCUT2D eigenvalue weighted by atomic mass is 10.1. The summed E-state index contributed by atoms with van der Waals surface area (Å²) in [6.45, 7) is 0.105. The summed E-state index contributed by atoms with van der Waals surface area (Å²) in [6, 6.07) is -0.793. The van der Waals surface area contributed by atoms with Gasteiger partial charge in [0, 0.05) is 13.5 Å². The van der Waals surface area contributed by atoms with Crippen LogP contribution in [0.15, 0.2) is 0 Å². The molecule has 0 rings (SSSR count). The van der Waals surface area contributed by atoms with E-state index in [0.29, 0.717) is 0 Å². The number of amides is 2. The monoisotopic (exact) mass is 245 g/mol. The van der Waals surface area contributed by atoms with Crippen LogP contribution < -0.4 is 16.0 Å². The van der Waals surface area contributed by atoms with E-state index in [1.165, 1.54) is 14.2 Å². The maximum absolute atomic E-state index is 11.4. The van der Waals surface area contributed by atoms with Gasteiger partial charge in [0.05, 0.1) is 13.7 Å². The number of likely N-dealkylation sites (N-methyl/N-ethyl adjacent to an activating group) is 1. The SMILES string of the molecule is CNCC(=O)NC(CCC(=O)NC)C(=O)OC. The summed E-state index contributed by atoms with van der Waals surface area (Å²) in [5, 5.41) is 7.59. The molecule has 0 radical (unpaired) electrons. The Morgan fingerprint density at radius 1 is 1.18 bits per heavy atom. The molecule has 0 saturated heterocycles. The average molecular weight is 245 g/mol. The molecule has 0 aliphatic rings. The van der Waals surface area contributed by atoms with E-state index >= 15 is 0 Å². The van der Waals surface area contributed by atoms with Gasteiger partial charge in [-0.2, -0.15) is 0 Å². The van der Waals surface area contributed by atoms with Crippen molar-refractivity contribution in [1.29, 1.82) is 0 Å². The third-order valence-electron chi connectivity index (χ3n) is 2.10. The van der Waals surface area contributed by atoms with Crippen molar-refractivity contribution in [3.05, 3.63) is 0 Å². The number of hydrogen-bond donors (Lipinski definition) is 3. The van der Waals surface area contributed by atoms with Gasteiger partial charge in [-0.1, -0.05) is 0 Å². The van der Waals surface area contributed by atoms with Crippen molar-refractivity contribution in [2.24, 2.45) is 0 Å². The number of ether oxygens (including phenoxy) is 1. The Balaban J connectivity index is 4.28. The number of nitrogens with one attached hydrogen (secondary N) is 3. The van der Waals surface area contributed by atoms with Crippen LogP contribution in [0.1, 0.15) is 12.8 Å². The van der Waals surface area contributed by atoms with E-state index in [1.54, 1.807) is 7.05 Å². The largest absolute Gasteiger partial charge is 0.467 e. The van der Waals surface area contributed by atoms with Crippen molar-refractivity contribution >= 4 is 17.8 Å². The van der Waals surface area contributed by atoms with E-state index in [2.05, 4.69) is 20.7 Å². The standard InChI is InChI=1S/C10H19N3O4/c1-11-6-9(15)13-7(10(16)17-3)4-5-8(14)12-2/h7,11H,4-6H2,1-3H3,(H,12,14)(H,13,15). The third kappa shape index (κ3) is 6.52. The molecule has 0 spiro atoms. The van der Waals surface area contributed by atoms with Crippen molar-refractivity contribution in [3.63, 3.8) is 0 Å². The van der Waals surface area contributed by atoms with Gasteiger partial charge in [0.1, 0.15) is 6.04 Å². The quantitative estimate of drug-likeness (QED) is 0.469. The van der Waals surface area contributed by atoms with Crippen LogP contribution in [0.25, 0.3) is 0 Å². The molecular formula is C10H19N3O4. The van der Waals surface area contributed by atoms with Crippen LogP contribution in [0, 0.1) is 0 Å². The highest BCUT2D eigenvalue weighted by molar-refractivity contribution is 5.86. The maximum atomic E-state index is 11.4. The van der Waals surface area contributed by atoms with E-state index in [-0.39, 0.29) is 31.2 Å². The van der Waals surface area contributed by atoms with Crippen molar-refractivity contribution in [2.45, 2.75) is 18.9 Å². The number of methoxy groups -OCH3 is 1. The van der Waals surface area contributed by atoms with E-state index in [0.717, 1.165) is 0 Å². The fraction of sp³-hybridized carbons (Fsp3) is 0.700. The highest BCUT2D eigenvalue weighted by Gasteiger charge is 2.21. The zero-order valence-electron chi connectivity index (χ0n) is 10.3. The molecule has 0 aliphatic heterocycles. The molecule has 98 valence electrons. The molecule has 7 heteroatoms. The highest BCUT2D eigenvalue weighted by atomic mass is 16.5. The summed E-state index contributed by atoms with van der Waals surface area (Å²) in [5.41, 5.74) is 0. The molecule has 0 aromatic heterocycles. The minimum atomic E-state index is -0.793. The van der Waals surface area contributed by atoms with Crippen LogP contribution in [0.4, 0.5) is 0 Å². The van der Waals surface area contributed by atoms with Gasteiger partial charge >= 0.3 is 5.97 Å². The van der Waals surface area contributed by atoms with Gasteiger partial charge in [-0.3, -0.25) is 9.59 Å². The van der Waals surface area contributed by atoms with Crippen LogP contribution >= 0.6 is 0 Å². The summed E-state index contributed by atoms with van der Waals surface area (Å²) in [7, 11) is 4.37. The Labute approximate surface area is 100 Å². The van der Waals surface area contributed by atoms with Gasteiger partial charge in [0.2, 0.25) is 11.8 Å². The molecular weight excluding hydrogens is 226 g/mol. The molecule has 3 N–H and O–H groups in total. The van der Waals surface area contributed by atoms with Crippen molar-refractivity contribution in [2.75, 3.05) is 27.7 Å². The average Bonchev–Trinajstić information content (AvgIpc) is 2.33. The first-order valence-electron chi connectivity index (χ1n) is 5.27. The summed E-state index contributed by atoms with van der Waals surface area (Å²) < 4.78 is 4.55. The van der Waals surface area contributed by atoms with Gasteiger partial charge < -0.3 is 20.7 Å². The Hall–Kier alpha value is -1.63. The third-order valence-corrected chi connectivity index (χ3v) is 2.10. The normalized spacial score (nSPS) is 11.5. The lowest BCUT2D eigenvalue weighted by molar-refractivity contribution is -0.145. The molecule has 17 heavy (non-hydrogen) atoms. The second-order valence-corrected chi connectivity index (χ2v) is 3.39. The molecule has 7 nitrogen and oxygen atoms in total. The first-order valence-corrected chi connectivity index (χ1v) is 5.27. The first kappa shape index (κ1) is 15.4. The number of hydrogen-bond acceptors (Lipinski definition) is 5. The molecule has 0 aromatic carbocycles. The molecule has 0 aliphatic carbocycles. The van der Waals surface area contributed by atoms with Gasteiger partial charge in [0.15, 0.2) is 0 Å². The van der Waals surface area contributed by atoms with Crippen LogP contribution in [-0.4, -0.2) is 51.6 Å². The Morgan fingerprint density at radius 3 is 2.29 bits per heavy atom. The highest BCUT2D eigenvalue weighted by Crippen LogP contribution is 1.99. The summed E-state index contributed by atoms with van der Waals surface area (Å²) in [6.07, 6.45) is 0.359. The second kappa shape index (κ2) is 8.51. The number of carbonyl (C=O) groups is 3. The molecule has 1 unspecified atom stereocenters. The minimum absolute atomic E-state index is 0.105. The Kier molecular flexibility index (Phi) is 7.70. The van der Waals surface area contributed by atoms with Gasteiger partial charge in [-0.15, -0.1) is 0 Å². The fourth-order valence-corrected chi connectivity index (χ4v) is 1.20. The predicted molar refractivity (Wildman–Crippen MR) is 61.2 cm³/mol. The fourth-order valence-electron chi connectivity index (χ4n) is 1.20. The van der Waals surface area contributed by atoms with Crippen molar-refractivity contribution < 1.29 is 19.1 Å². The summed E-state index contributed by atoms with van der Waals surface area (Å²) in [4.78, 5) is 33.7. The molecule has 0 saturated carbocycles. The molecule has 0 aromatic rings.